The third-order valence-electron chi connectivity index (χ3n) is 3.25. The van der Waals surface area contributed by atoms with Gasteiger partial charge in [-0.3, -0.25) is 4.79 Å². The van der Waals surface area contributed by atoms with Gasteiger partial charge in [-0.1, -0.05) is 23.5 Å². The number of rotatable bonds is 6. The Hall–Kier alpha value is -2.41. The summed E-state index contributed by atoms with van der Waals surface area (Å²) in [6.07, 6.45) is 3.45. The van der Waals surface area contributed by atoms with Crippen LogP contribution in [0.3, 0.4) is 0 Å². The van der Waals surface area contributed by atoms with Gasteiger partial charge in [0, 0.05) is 18.8 Å². The van der Waals surface area contributed by atoms with E-state index in [-0.39, 0.29) is 5.56 Å². The molecule has 0 spiro atoms. The summed E-state index contributed by atoms with van der Waals surface area (Å²) in [4.78, 5) is 16.3. The molecule has 0 atom stereocenters. The molecule has 0 saturated heterocycles. The van der Waals surface area contributed by atoms with E-state index in [1.807, 2.05) is 12.1 Å². The minimum Gasteiger partial charge on any atom is -0.497 e. The molecule has 2 heterocycles. The largest absolute Gasteiger partial charge is 0.497 e. The normalized spacial score (nSPS) is 10.8. The third kappa shape index (κ3) is 3.25. The van der Waals surface area contributed by atoms with Crippen molar-refractivity contribution in [1.29, 1.82) is 0 Å². The van der Waals surface area contributed by atoms with Gasteiger partial charge in [0.25, 0.3) is 5.56 Å². The molecule has 0 fully saturated rings. The van der Waals surface area contributed by atoms with Crippen molar-refractivity contribution in [3.05, 3.63) is 52.4 Å². The van der Waals surface area contributed by atoms with Crippen LogP contribution in [-0.4, -0.2) is 28.3 Å². The molecule has 22 heavy (non-hydrogen) atoms. The number of hydrogen-bond acceptors (Lipinski definition) is 6. The lowest BCUT2D eigenvalue weighted by Crippen LogP contribution is -2.13. The van der Waals surface area contributed by atoms with Crippen molar-refractivity contribution < 1.29 is 4.74 Å². The van der Waals surface area contributed by atoms with Crippen molar-refractivity contribution in [2.45, 2.75) is 12.8 Å². The SMILES string of the molecule is COc1ccc(CCCNc2nn3c(=O)ccnc3s2)cc1. The standard InChI is InChI=1S/C15H16N4O2S/c1-21-12-6-4-11(5-7-12)3-2-9-16-14-18-19-13(20)8-10-17-15(19)22-14/h4-8,10H,2-3,9H2,1H3,(H,16,18). The smallest absolute Gasteiger partial charge is 0.275 e. The molecule has 0 saturated carbocycles. The summed E-state index contributed by atoms with van der Waals surface area (Å²) in [6.45, 7) is 0.792. The van der Waals surface area contributed by atoms with E-state index < -0.39 is 0 Å². The van der Waals surface area contributed by atoms with Gasteiger partial charge in [0.1, 0.15) is 5.75 Å². The quantitative estimate of drug-likeness (QED) is 0.706. The molecule has 0 unspecified atom stereocenters. The Labute approximate surface area is 131 Å². The van der Waals surface area contributed by atoms with E-state index in [1.165, 1.54) is 33.7 Å². The highest BCUT2D eigenvalue weighted by atomic mass is 32.1. The van der Waals surface area contributed by atoms with Crippen LogP contribution in [0.4, 0.5) is 5.13 Å². The Balaban J connectivity index is 1.53. The van der Waals surface area contributed by atoms with Crippen molar-refractivity contribution in [3.63, 3.8) is 0 Å². The van der Waals surface area contributed by atoms with Gasteiger partial charge in [0.05, 0.1) is 7.11 Å². The highest BCUT2D eigenvalue weighted by Gasteiger charge is 2.05. The number of nitrogens with zero attached hydrogens (tertiary/aromatic N) is 3. The fourth-order valence-corrected chi connectivity index (χ4v) is 2.90. The van der Waals surface area contributed by atoms with E-state index in [2.05, 4.69) is 27.5 Å². The molecule has 0 aliphatic carbocycles. The van der Waals surface area contributed by atoms with Gasteiger partial charge >= 0.3 is 0 Å². The molecular formula is C15H16N4O2S. The summed E-state index contributed by atoms with van der Waals surface area (Å²) in [6, 6.07) is 9.48. The van der Waals surface area contributed by atoms with Crippen molar-refractivity contribution in [1.82, 2.24) is 14.6 Å². The summed E-state index contributed by atoms with van der Waals surface area (Å²) in [5, 5.41) is 8.16. The first-order chi connectivity index (χ1) is 10.8. The molecule has 114 valence electrons. The average molecular weight is 316 g/mol. The Kier molecular flexibility index (Phi) is 4.34. The number of hydrogen-bond donors (Lipinski definition) is 1. The maximum atomic E-state index is 11.6. The Morgan fingerprint density at radius 2 is 2.09 bits per heavy atom. The second-order valence-corrected chi connectivity index (χ2v) is 5.72. The minimum absolute atomic E-state index is 0.160. The number of aromatic nitrogens is 3. The molecule has 2 aromatic heterocycles. The number of nitrogens with one attached hydrogen (secondary N) is 1. The number of anilines is 1. The summed E-state index contributed by atoms with van der Waals surface area (Å²) in [5.41, 5.74) is 1.11. The molecule has 0 bridgehead atoms. The van der Waals surface area contributed by atoms with Gasteiger partial charge < -0.3 is 10.1 Å². The van der Waals surface area contributed by atoms with Gasteiger partial charge in [-0.2, -0.15) is 4.52 Å². The van der Waals surface area contributed by atoms with Crippen molar-refractivity contribution >= 4 is 21.4 Å². The molecular weight excluding hydrogens is 300 g/mol. The molecule has 0 radical (unpaired) electrons. The molecule has 1 aromatic carbocycles. The molecule has 3 aromatic rings. The molecule has 0 aliphatic heterocycles. The first-order valence-electron chi connectivity index (χ1n) is 6.98. The number of fused-ring (bicyclic) bond motifs is 1. The predicted molar refractivity (Wildman–Crippen MR) is 86.9 cm³/mol. The van der Waals surface area contributed by atoms with Gasteiger partial charge in [-0.15, -0.1) is 5.10 Å². The molecule has 1 N–H and O–H groups in total. The van der Waals surface area contributed by atoms with Gasteiger partial charge in [-0.05, 0) is 30.5 Å². The molecule has 7 heteroatoms. The van der Waals surface area contributed by atoms with E-state index in [0.717, 1.165) is 25.1 Å². The van der Waals surface area contributed by atoms with Crippen LogP contribution in [0.1, 0.15) is 12.0 Å². The number of methoxy groups -OCH3 is 1. The highest BCUT2D eigenvalue weighted by molar-refractivity contribution is 7.20. The Morgan fingerprint density at radius 3 is 2.82 bits per heavy atom. The van der Waals surface area contributed by atoms with E-state index >= 15 is 0 Å². The fraction of sp³-hybridized carbons (Fsp3) is 0.267. The second-order valence-electron chi connectivity index (χ2n) is 4.76. The molecule has 0 amide bonds. The van der Waals surface area contributed by atoms with Crippen molar-refractivity contribution in [2.24, 2.45) is 0 Å². The van der Waals surface area contributed by atoms with Crippen molar-refractivity contribution in [2.75, 3.05) is 19.0 Å². The van der Waals surface area contributed by atoms with Crippen LogP contribution in [0.25, 0.3) is 4.96 Å². The number of ether oxygens (including phenoxy) is 1. The second kappa shape index (κ2) is 6.57. The first kappa shape index (κ1) is 14.5. The zero-order chi connectivity index (χ0) is 15.4. The predicted octanol–water partition coefficient (Wildman–Crippen LogP) is 2.20. The first-order valence-corrected chi connectivity index (χ1v) is 7.79. The zero-order valence-electron chi connectivity index (χ0n) is 12.2. The van der Waals surface area contributed by atoms with Crippen LogP contribution in [0, 0.1) is 0 Å². The topological polar surface area (TPSA) is 68.5 Å². The van der Waals surface area contributed by atoms with Gasteiger partial charge in [0.15, 0.2) is 0 Å². The van der Waals surface area contributed by atoms with Crippen LogP contribution in [0.5, 0.6) is 5.75 Å². The Bertz CT molecular complexity index is 810. The number of benzene rings is 1. The third-order valence-corrected chi connectivity index (χ3v) is 4.13. The van der Waals surface area contributed by atoms with Crippen LogP contribution in [0.2, 0.25) is 0 Å². The lowest BCUT2D eigenvalue weighted by atomic mass is 10.1. The van der Waals surface area contributed by atoms with E-state index in [4.69, 9.17) is 4.74 Å². The molecule has 6 nitrogen and oxygen atoms in total. The zero-order valence-corrected chi connectivity index (χ0v) is 13.0. The monoisotopic (exact) mass is 316 g/mol. The van der Waals surface area contributed by atoms with Gasteiger partial charge in [-0.25, -0.2) is 4.98 Å². The number of aryl methyl sites for hydroxylation is 1. The molecule has 3 rings (SSSR count). The van der Waals surface area contributed by atoms with Gasteiger partial charge in [0.2, 0.25) is 10.1 Å². The molecule has 0 aliphatic rings. The van der Waals surface area contributed by atoms with Crippen LogP contribution < -0.4 is 15.6 Å². The fourth-order valence-electron chi connectivity index (χ4n) is 2.10. The lowest BCUT2D eigenvalue weighted by molar-refractivity contribution is 0.414. The Morgan fingerprint density at radius 1 is 1.27 bits per heavy atom. The summed E-state index contributed by atoms with van der Waals surface area (Å²) < 4.78 is 6.45. The van der Waals surface area contributed by atoms with Crippen LogP contribution >= 0.6 is 11.3 Å². The summed E-state index contributed by atoms with van der Waals surface area (Å²) in [5.74, 6) is 0.870. The maximum Gasteiger partial charge on any atom is 0.275 e. The van der Waals surface area contributed by atoms with E-state index in [1.54, 1.807) is 7.11 Å². The maximum absolute atomic E-state index is 11.6. The van der Waals surface area contributed by atoms with E-state index in [0.29, 0.717) is 10.1 Å². The average Bonchev–Trinajstić information content (AvgIpc) is 2.97. The summed E-state index contributed by atoms with van der Waals surface area (Å²) >= 11 is 1.38. The van der Waals surface area contributed by atoms with E-state index in [9.17, 15) is 4.79 Å². The lowest BCUT2D eigenvalue weighted by Gasteiger charge is -2.04. The van der Waals surface area contributed by atoms with Crippen LogP contribution in [-0.2, 0) is 6.42 Å². The highest BCUT2D eigenvalue weighted by Crippen LogP contribution is 2.16. The van der Waals surface area contributed by atoms with Crippen molar-refractivity contribution in [3.8, 4) is 5.75 Å². The summed E-state index contributed by atoms with van der Waals surface area (Å²) in [7, 11) is 1.66. The minimum atomic E-state index is -0.160. The van der Waals surface area contributed by atoms with Crippen LogP contribution in [0.15, 0.2) is 41.3 Å².